The number of para-hydroxylation sites is 1. The van der Waals surface area contributed by atoms with E-state index in [9.17, 15) is 9.18 Å². The first kappa shape index (κ1) is 22.8. The third-order valence-electron chi connectivity index (χ3n) is 6.13. The standard InChI is InChI=1S/C28H25FN4OS/c1-19-9-13-22(14-10-19)25-18-35-28(32(25)17-21-11-15-23(29)16-12-21)30-26-20(2)31(3)33(27(26)34)24-7-5-4-6-8-24/h4-16,18H,17H2,1-3H3. The van der Waals surface area contributed by atoms with Gasteiger partial charge in [0.05, 0.1) is 23.6 Å². The molecule has 0 radical (unpaired) electrons. The van der Waals surface area contributed by atoms with Gasteiger partial charge in [-0.25, -0.2) is 14.1 Å². The topological polar surface area (TPSA) is 44.2 Å². The van der Waals surface area contributed by atoms with E-state index in [1.807, 2.05) is 49.0 Å². The lowest BCUT2D eigenvalue weighted by Crippen LogP contribution is -2.20. The minimum absolute atomic E-state index is 0.171. The number of aryl methyl sites for hydroxylation is 1. The van der Waals surface area contributed by atoms with E-state index in [0.717, 1.165) is 28.2 Å². The van der Waals surface area contributed by atoms with Gasteiger partial charge in [0, 0.05) is 12.4 Å². The number of nitrogens with zero attached hydrogens (tertiary/aromatic N) is 4. The molecule has 0 aliphatic heterocycles. The third-order valence-corrected chi connectivity index (χ3v) is 6.99. The van der Waals surface area contributed by atoms with Crippen molar-refractivity contribution >= 4 is 17.0 Å². The molecule has 3 aromatic carbocycles. The molecule has 5 aromatic rings. The Balaban J connectivity index is 1.69. The van der Waals surface area contributed by atoms with Gasteiger partial charge in [0.2, 0.25) is 0 Å². The van der Waals surface area contributed by atoms with Crippen LogP contribution in [0, 0.1) is 19.7 Å². The molecular formula is C28H25FN4OS. The van der Waals surface area contributed by atoms with E-state index in [1.54, 1.807) is 16.8 Å². The largest absolute Gasteiger partial charge is 0.312 e. The number of hydrogen-bond acceptors (Lipinski definition) is 3. The summed E-state index contributed by atoms with van der Waals surface area (Å²) in [4.78, 5) is 19.0. The summed E-state index contributed by atoms with van der Waals surface area (Å²) in [5.74, 6) is -0.269. The zero-order valence-electron chi connectivity index (χ0n) is 19.8. The number of rotatable bonds is 5. The van der Waals surface area contributed by atoms with Gasteiger partial charge < -0.3 is 4.57 Å². The Morgan fingerprint density at radius 1 is 0.914 bits per heavy atom. The van der Waals surface area contributed by atoms with E-state index in [-0.39, 0.29) is 11.4 Å². The molecule has 0 saturated heterocycles. The van der Waals surface area contributed by atoms with Gasteiger partial charge in [-0.05, 0) is 49.2 Å². The second kappa shape index (κ2) is 9.35. The van der Waals surface area contributed by atoms with Crippen molar-refractivity contribution in [1.82, 2.24) is 13.9 Å². The smallest absolute Gasteiger partial charge is 0.297 e. The molecular weight excluding hydrogens is 459 g/mol. The van der Waals surface area contributed by atoms with Crippen LogP contribution >= 0.6 is 11.3 Å². The lowest BCUT2D eigenvalue weighted by molar-refractivity contribution is 0.626. The van der Waals surface area contributed by atoms with Crippen LogP contribution in [0.4, 0.5) is 10.1 Å². The highest BCUT2D eigenvalue weighted by molar-refractivity contribution is 7.07. The fraction of sp³-hybridized carbons (Fsp3) is 0.143. The molecule has 0 amide bonds. The predicted octanol–water partition coefficient (Wildman–Crippen LogP) is 5.74. The summed E-state index contributed by atoms with van der Waals surface area (Å²) in [7, 11) is 1.86. The molecule has 0 saturated carbocycles. The summed E-state index contributed by atoms with van der Waals surface area (Å²) in [5.41, 5.74) is 5.98. The van der Waals surface area contributed by atoms with Gasteiger partial charge in [-0.1, -0.05) is 60.2 Å². The highest BCUT2D eigenvalue weighted by Crippen LogP contribution is 2.23. The van der Waals surface area contributed by atoms with Crippen molar-refractivity contribution in [1.29, 1.82) is 0 Å². The molecule has 7 heteroatoms. The van der Waals surface area contributed by atoms with Gasteiger partial charge in [-0.3, -0.25) is 9.48 Å². The van der Waals surface area contributed by atoms with Crippen LogP contribution in [-0.4, -0.2) is 13.9 Å². The molecule has 0 aliphatic carbocycles. The summed E-state index contributed by atoms with van der Waals surface area (Å²) in [5, 5.41) is 2.06. The van der Waals surface area contributed by atoms with E-state index in [4.69, 9.17) is 4.99 Å². The Morgan fingerprint density at radius 3 is 2.29 bits per heavy atom. The average Bonchev–Trinajstić information content (AvgIpc) is 3.35. The van der Waals surface area contributed by atoms with Gasteiger partial charge in [0.25, 0.3) is 5.56 Å². The van der Waals surface area contributed by atoms with Gasteiger partial charge >= 0.3 is 0 Å². The number of aromatic nitrogens is 3. The lowest BCUT2D eigenvalue weighted by Gasteiger charge is -2.10. The molecule has 5 nitrogen and oxygen atoms in total. The van der Waals surface area contributed by atoms with E-state index in [2.05, 4.69) is 41.1 Å². The van der Waals surface area contributed by atoms with E-state index < -0.39 is 0 Å². The Morgan fingerprint density at radius 2 is 1.60 bits per heavy atom. The maximum absolute atomic E-state index is 13.5. The zero-order chi connectivity index (χ0) is 24.5. The van der Waals surface area contributed by atoms with Gasteiger partial charge in [-0.2, -0.15) is 0 Å². The highest BCUT2D eigenvalue weighted by atomic mass is 32.1. The summed E-state index contributed by atoms with van der Waals surface area (Å²) in [6.45, 7) is 4.46. The van der Waals surface area contributed by atoms with Crippen LogP contribution in [-0.2, 0) is 13.6 Å². The van der Waals surface area contributed by atoms with Crippen molar-refractivity contribution in [3.05, 3.63) is 122 Å². The van der Waals surface area contributed by atoms with Crippen LogP contribution in [0.1, 0.15) is 16.8 Å². The van der Waals surface area contributed by atoms with E-state index in [1.165, 1.54) is 29.0 Å². The maximum atomic E-state index is 13.5. The molecule has 0 N–H and O–H groups in total. The molecule has 2 heterocycles. The van der Waals surface area contributed by atoms with Crippen molar-refractivity contribution in [2.75, 3.05) is 0 Å². The second-order valence-corrected chi connectivity index (χ2v) is 9.34. The molecule has 5 rings (SSSR count). The molecule has 35 heavy (non-hydrogen) atoms. The molecule has 0 atom stereocenters. The first-order valence-electron chi connectivity index (χ1n) is 11.3. The Bertz CT molecular complexity index is 1610. The fourth-order valence-electron chi connectivity index (χ4n) is 4.08. The first-order valence-corrected chi connectivity index (χ1v) is 12.2. The van der Waals surface area contributed by atoms with Crippen molar-refractivity contribution in [3.63, 3.8) is 0 Å². The average molecular weight is 485 g/mol. The Labute approximate surface area is 206 Å². The molecule has 0 fully saturated rings. The van der Waals surface area contributed by atoms with Crippen LogP contribution in [0.5, 0.6) is 0 Å². The first-order chi connectivity index (χ1) is 16.9. The SMILES string of the molecule is Cc1ccc(-c2csc(=Nc3c(C)n(C)n(-c4ccccc4)c3=O)n2Cc2ccc(F)cc2)cc1. The maximum Gasteiger partial charge on any atom is 0.297 e. The predicted molar refractivity (Wildman–Crippen MR) is 139 cm³/mol. The number of thiazole rings is 1. The number of benzene rings is 3. The lowest BCUT2D eigenvalue weighted by atomic mass is 10.1. The van der Waals surface area contributed by atoms with Crippen LogP contribution in [0.2, 0.25) is 0 Å². The molecule has 2 aromatic heterocycles. The molecule has 0 unspecified atom stereocenters. The van der Waals surface area contributed by atoms with Gasteiger partial charge in [-0.15, -0.1) is 11.3 Å². The molecule has 0 spiro atoms. The van der Waals surface area contributed by atoms with E-state index >= 15 is 0 Å². The fourth-order valence-corrected chi connectivity index (χ4v) is 4.99. The third kappa shape index (κ3) is 4.42. The van der Waals surface area contributed by atoms with Crippen molar-refractivity contribution < 1.29 is 4.39 Å². The van der Waals surface area contributed by atoms with Crippen LogP contribution < -0.4 is 10.4 Å². The van der Waals surface area contributed by atoms with Gasteiger partial charge in [0.15, 0.2) is 10.5 Å². The summed E-state index contributed by atoms with van der Waals surface area (Å²) in [6, 6.07) is 24.3. The summed E-state index contributed by atoms with van der Waals surface area (Å²) >= 11 is 1.49. The quantitative estimate of drug-likeness (QED) is 0.314. The van der Waals surface area contributed by atoms with Crippen molar-refractivity contribution in [3.8, 4) is 16.9 Å². The monoisotopic (exact) mass is 484 g/mol. The zero-order valence-corrected chi connectivity index (χ0v) is 20.6. The summed E-state index contributed by atoms with van der Waals surface area (Å²) in [6.07, 6.45) is 0. The molecule has 176 valence electrons. The van der Waals surface area contributed by atoms with Gasteiger partial charge in [0.1, 0.15) is 5.82 Å². The van der Waals surface area contributed by atoms with Crippen LogP contribution in [0.15, 0.2) is 94.0 Å². The van der Waals surface area contributed by atoms with Crippen LogP contribution in [0.25, 0.3) is 16.9 Å². The molecule has 0 aliphatic rings. The normalized spacial score (nSPS) is 11.8. The summed E-state index contributed by atoms with van der Waals surface area (Å²) < 4.78 is 19.1. The van der Waals surface area contributed by atoms with Crippen molar-refractivity contribution in [2.24, 2.45) is 12.0 Å². The minimum atomic E-state index is -0.269. The number of halogens is 1. The minimum Gasteiger partial charge on any atom is -0.312 e. The second-order valence-electron chi connectivity index (χ2n) is 8.50. The van der Waals surface area contributed by atoms with E-state index in [0.29, 0.717) is 17.0 Å². The number of hydrogen-bond donors (Lipinski definition) is 0. The Kier molecular flexibility index (Phi) is 6.09. The Hall–Kier alpha value is -3.97. The highest BCUT2D eigenvalue weighted by Gasteiger charge is 2.17. The van der Waals surface area contributed by atoms with Crippen molar-refractivity contribution in [2.45, 2.75) is 20.4 Å². The van der Waals surface area contributed by atoms with Crippen LogP contribution in [0.3, 0.4) is 0 Å². The molecule has 0 bridgehead atoms.